The molecule has 160 valence electrons. The highest BCUT2D eigenvalue weighted by Gasteiger charge is 2.22. The highest BCUT2D eigenvalue weighted by Crippen LogP contribution is 2.24. The third-order valence-corrected chi connectivity index (χ3v) is 5.72. The molecular weight excluding hydrogens is 386 g/mol. The number of nitrogens with zero attached hydrogens (tertiary/aromatic N) is 5. The zero-order valence-electron chi connectivity index (χ0n) is 18.0. The standard InChI is InChI=1S/C25H29N5O/c1-28(20-22-10-5-6-11-23(22)21-8-3-2-4-9-21)15-12-24(31)29-16-18-30(19-17-29)25-26-13-7-14-27-25/h2-11,13-14H,12,15-20H2,1H3. The Hall–Kier alpha value is -3.25. The third kappa shape index (κ3) is 5.47. The molecule has 0 spiro atoms. The molecule has 0 unspecified atom stereocenters. The van der Waals surface area contributed by atoms with E-state index in [1.165, 1.54) is 16.7 Å². The lowest BCUT2D eigenvalue weighted by molar-refractivity contribution is -0.131. The van der Waals surface area contributed by atoms with Crippen LogP contribution >= 0.6 is 0 Å². The summed E-state index contributed by atoms with van der Waals surface area (Å²) in [5, 5.41) is 0. The average Bonchev–Trinajstić information content (AvgIpc) is 2.84. The monoisotopic (exact) mass is 415 g/mol. The molecule has 1 aliphatic rings. The molecule has 2 heterocycles. The first-order chi connectivity index (χ1) is 15.2. The molecule has 1 saturated heterocycles. The fourth-order valence-corrected chi connectivity index (χ4v) is 3.98. The number of hydrogen-bond acceptors (Lipinski definition) is 5. The quantitative estimate of drug-likeness (QED) is 0.593. The maximum atomic E-state index is 12.7. The van der Waals surface area contributed by atoms with Gasteiger partial charge in [-0.25, -0.2) is 9.97 Å². The van der Waals surface area contributed by atoms with Gasteiger partial charge in [-0.1, -0.05) is 54.6 Å². The summed E-state index contributed by atoms with van der Waals surface area (Å²) in [4.78, 5) is 27.7. The summed E-state index contributed by atoms with van der Waals surface area (Å²) in [6, 6.07) is 20.8. The molecule has 0 saturated carbocycles. The summed E-state index contributed by atoms with van der Waals surface area (Å²) >= 11 is 0. The lowest BCUT2D eigenvalue weighted by atomic mass is 9.99. The first-order valence-electron chi connectivity index (χ1n) is 10.8. The van der Waals surface area contributed by atoms with E-state index < -0.39 is 0 Å². The Labute approximate surface area is 184 Å². The van der Waals surface area contributed by atoms with Gasteiger partial charge in [0.05, 0.1) is 0 Å². The summed E-state index contributed by atoms with van der Waals surface area (Å²) in [5.41, 5.74) is 3.75. The Kier molecular flexibility index (Phi) is 6.89. The molecule has 1 aromatic heterocycles. The Morgan fingerprint density at radius 3 is 2.32 bits per heavy atom. The summed E-state index contributed by atoms with van der Waals surface area (Å²) in [7, 11) is 2.08. The molecule has 4 rings (SSSR count). The van der Waals surface area contributed by atoms with Crippen molar-refractivity contribution >= 4 is 11.9 Å². The van der Waals surface area contributed by atoms with Crippen LogP contribution in [0, 0.1) is 0 Å². The summed E-state index contributed by atoms with van der Waals surface area (Å²) < 4.78 is 0. The first kappa shape index (κ1) is 21.0. The molecule has 0 N–H and O–H groups in total. The SMILES string of the molecule is CN(CCC(=O)N1CCN(c2ncccn2)CC1)Cc1ccccc1-c1ccccc1. The van der Waals surface area contributed by atoms with Crippen molar-refractivity contribution in [3.05, 3.63) is 78.6 Å². The van der Waals surface area contributed by atoms with Crippen molar-refractivity contribution in [3.8, 4) is 11.1 Å². The topological polar surface area (TPSA) is 52.6 Å². The molecule has 1 fully saturated rings. The summed E-state index contributed by atoms with van der Waals surface area (Å²) in [6.07, 6.45) is 4.04. The minimum Gasteiger partial charge on any atom is -0.339 e. The molecular formula is C25H29N5O. The Morgan fingerprint density at radius 1 is 0.903 bits per heavy atom. The van der Waals surface area contributed by atoms with Gasteiger partial charge >= 0.3 is 0 Å². The molecule has 0 aliphatic carbocycles. The molecule has 0 atom stereocenters. The van der Waals surface area contributed by atoms with Crippen LogP contribution in [-0.2, 0) is 11.3 Å². The van der Waals surface area contributed by atoms with Gasteiger partial charge in [-0.3, -0.25) is 4.79 Å². The van der Waals surface area contributed by atoms with Crippen LogP contribution in [-0.4, -0.2) is 65.4 Å². The molecule has 6 nitrogen and oxygen atoms in total. The van der Waals surface area contributed by atoms with Crippen LogP contribution in [0.4, 0.5) is 5.95 Å². The number of carbonyl (C=O) groups is 1. The Bertz CT molecular complexity index is 971. The highest BCUT2D eigenvalue weighted by molar-refractivity contribution is 5.76. The first-order valence-corrected chi connectivity index (χ1v) is 10.8. The molecule has 31 heavy (non-hydrogen) atoms. The second-order valence-corrected chi connectivity index (χ2v) is 7.93. The number of hydrogen-bond donors (Lipinski definition) is 0. The minimum atomic E-state index is 0.219. The van der Waals surface area contributed by atoms with Gasteiger partial charge in [0.25, 0.3) is 0 Å². The predicted molar refractivity (Wildman–Crippen MR) is 124 cm³/mol. The van der Waals surface area contributed by atoms with Crippen LogP contribution in [0.1, 0.15) is 12.0 Å². The second-order valence-electron chi connectivity index (χ2n) is 7.93. The fourth-order valence-electron chi connectivity index (χ4n) is 3.98. The van der Waals surface area contributed by atoms with Crippen LogP contribution in [0.3, 0.4) is 0 Å². The van der Waals surface area contributed by atoms with Crippen LogP contribution in [0.5, 0.6) is 0 Å². The number of aromatic nitrogens is 2. The third-order valence-electron chi connectivity index (χ3n) is 5.72. The van der Waals surface area contributed by atoms with E-state index in [0.717, 1.165) is 45.2 Å². The maximum Gasteiger partial charge on any atom is 0.225 e. The van der Waals surface area contributed by atoms with E-state index in [9.17, 15) is 4.79 Å². The van der Waals surface area contributed by atoms with Crippen molar-refractivity contribution in [2.24, 2.45) is 0 Å². The smallest absolute Gasteiger partial charge is 0.225 e. The van der Waals surface area contributed by atoms with Gasteiger partial charge < -0.3 is 14.7 Å². The van der Waals surface area contributed by atoms with E-state index in [1.54, 1.807) is 12.4 Å². The van der Waals surface area contributed by atoms with Gasteiger partial charge in [0.2, 0.25) is 11.9 Å². The van der Waals surface area contributed by atoms with E-state index >= 15 is 0 Å². The van der Waals surface area contributed by atoms with Crippen molar-refractivity contribution in [1.29, 1.82) is 0 Å². The molecule has 1 amide bonds. The number of amides is 1. The highest BCUT2D eigenvalue weighted by atomic mass is 16.2. The number of rotatable bonds is 7. The minimum absolute atomic E-state index is 0.219. The summed E-state index contributed by atoms with van der Waals surface area (Å²) in [5.74, 6) is 0.961. The largest absolute Gasteiger partial charge is 0.339 e. The van der Waals surface area contributed by atoms with E-state index in [0.29, 0.717) is 6.42 Å². The molecule has 2 aromatic carbocycles. The molecule has 0 radical (unpaired) electrons. The van der Waals surface area contributed by atoms with E-state index in [-0.39, 0.29) is 5.91 Å². The molecule has 0 bridgehead atoms. The average molecular weight is 416 g/mol. The van der Waals surface area contributed by atoms with Crippen molar-refractivity contribution in [3.63, 3.8) is 0 Å². The summed E-state index contributed by atoms with van der Waals surface area (Å²) in [6.45, 7) is 4.54. The Morgan fingerprint density at radius 2 is 1.58 bits per heavy atom. The van der Waals surface area contributed by atoms with Gasteiger partial charge in [0.1, 0.15) is 0 Å². The molecule has 6 heteroatoms. The fraction of sp³-hybridized carbons (Fsp3) is 0.320. The lowest BCUT2D eigenvalue weighted by Crippen LogP contribution is -2.49. The number of carbonyl (C=O) groups excluding carboxylic acids is 1. The van der Waals surface area contributed by atoms with Crippen molar-refractivity contribution in [2.75, 3.05) is 44.7 Å². The van der Waals surface area contributed by atoms with E-state index in [4.69, 9.17) is 0 Å². The second kappa shape index (κ2) is 10.2. The van der Waals surface area contributed by atoms with E-state index in [2.05, 4.69) is 75.3 Å². The van der Waals surface area contributed by atoms with Crippen molar-refractivity contribution in [1.82, 2.24) is 19.8 Å². The van der Waals surface area contributed by atoms with Gasteiger partial charge in [0.15, 0.2) is 0 Å². The van der Waals surface area contributed by atoms with Crippen LogP contribution in [0.2, 0.25) is 0 Å². The van der Waals surface area contributed by atoms with Crippen molar-refractivity contribution < 1.29 is 4.79 Å². The van der Waals surface area contributed by atoms with E-state index in [1.807, 2.05) is 17.0 Å². The zero-order chi connectivity index (χ0) is 21.5. The van der Waals surface area contributed by atoms with Crippen LogP contribution < -0.4 is 4.90 Å². The number of benzene rings is 2. The maximum absolute atomic E-state index is 12.7. The van der Waals surface area contributed by atoms with Gasteiger partial charge in [-0.05, 0) is 29.8 Å². The van der Waals surface area contributed by atoms with Gasteiger partial charge in [-0.15, -0.1) is 0 Å². The molecule has 1 aliphatic heterocycles. The lowest BCUT2D eigenvalue weighted by Gasteiger charge is -2.35. The van der Waals surface area contributed by atoms with Gasteiger partial charge in [0, 0.05) is 58.1 Å². The molecule has 3 aromatic rings. The number of piperazine rings is 1. The normalized spacial score (nSPS) is 14.1. The van der Waals surface area contributed by atoms with Crippen LogP contribution in [0.15, 0.2) is 73.1 Å². The zero-order valence-corrected chi connectivity index (χ0v) is 18.0. The van der Waals surface area contributed by atoms with Crippen LogP contribution in [0.25, 0.3) is 11.1 Å². The Balaban J connectivity index is 1.27. The number of anilines is 1. The predicted octanol–water partition coefficient (Wildman–Crippen LogP) is 3.31. The van der Waals surface area contributed by atoms with Crippen molar-refractivity contribution in [2.45, 2.75) is 13.0 Å². The van der Waals surface area contributed by atoms with Gasteiger partial charge in [-0.2, -0.15) is 0 Å².